The van der Waals surface area contributed by atoms with Gasteiger partial charge in [0.2, 0.25) is 0 Å². The van der Waals surface area contributed by atoms with Crippen LogP contribution in [0.1, 0.15) is 38.8 Å². The van der Waals surface area contributed by atoms with Gasteiger partial charge in [0.1, 0.15) is 11.5 Å². The van der Waals surface area contributed by atoms with Crippen molar-refractivity contribution < 1.29 is 17.3 Å². The maximum absolute atomic E-state index is 14.7. The number of aromatic nitrogens is 3. The Morgan fingerprint density at radius 2 is 1.77 bits per heavy atom. The highest BCUT2D eigenvalue weighted by molar-refractivity contribution is 7.92. The monoisotopic (exact) mass is 495 g/mol. The van der Waals surface area contributed by atoms with Gasteiger partial charge in [-0.25, -0.2) is 22.8 Å². The van der Waals surface area contributed by atoms with Gasteiger partial charge in [-0.05, 0) is 50.1 Å². The number of rotatable bonds is 7. The van der Waals surface area contributed by atoms with Crippen molar-refractivity contribution in [3.8, 4) is 34.0 Å². The van der Waals surface area contributed by atoms with E-state index < -0.39 is 20.9 Å². The number of hydrogen-bond donors (Lipinski definition) is 2. The first kappa shape index (κ1) is 24.5. The molecule has 1 atom stereocenters. The summed E-state index contributed by atoms with van der Waals surface area (Å²) >= 11 is 0. The summed E-state index contributed by atoms with van der Waals surface area (Å²) in [6, 6.07) is 12.4. The fraction of sp³-hybridized carbons (Fsp3) is 0.240. The number of halogens is 1. The topological polar surface area (TPSA) is 138 Å². The molecule has 0 radical (unpaired) electrons. The van der Waals surface area contributed by atoms with Crippen LogP contribution in [-0.4, -0.2) is 28.8 Å². The van der Waals surface area contributed by atoms with Gasteiger partial charge in [-0.2, -0.15) is 0 Å². The van der Waals surface area contributed by atoms with Gasteiger partial charge < -0.3 is 16.0 Å². The Morgan fingerprint density at radius 3 is 2.40 bits per heavy atom. The zero-order valence-corrected chi connectivity index (χ0v) is 20.4. The summed E-state index contributed by atoms with van der Waals surface area (Å²) < 4.78 is 44.9. The van der Waals surface area contributed by atoms with Gasteiger partial charge in [0, 0.05) is 23.2 Å². The molecule has 35 heavy (non-hydrogen) atoms. The number of nitrogens with two attached hydrogens (primary N) is 2. The lowest BCUT2D eigenvalue weighted by Gasteiger charge is -2.10. The minimum absolute atomic E-state index is 0.111. The molecule has 8 nitrogen and oxygen atoms in total. The van der Waals surface area contributed by atoms with Crippen molar-refractivity contribution in [2.75, 3.05) is 5.73 Å². The first-order chi connectivity index (χ1) is 16.6. The summed E-state index contributed by atoms with van der Waals surface area (Å²) in [5.74, 6) is -0.129. The van der Waals surface area contributed by atoms with E-state index >= 15 is 0 Å². The number of sulfone groups is 1. The van der Waals surface area contributed by atoms with Crippen LogP contribution >= 0.6 is 0 Å². The molecule has 0 fully saturated rings. The minimum atomic E-state index is -3.39. The van der Waals surface area contributed by atoms with E-state index in [2.05, 4.69) is 15.1 Å². The molecule has 0 aliphatic carbocycles. The van der Waals surface area contributed by atoms with E-state index in [9.17, 15) is 12.8 Å². The van der Waals surface area contributed by atoms with Crippen LogP contribution in [0.5, 0.6) is 0 Å². The van der Waals surface area contributed by atoms with Crippen LogP contribution in [-0.2, 0) is 9.84 Å². The number of anilines is 1. The molecule has 1 unspecified atom stereocenters. The maximum atomic E-state index is 14.7. The molecule has 0 aliphatic heterocycles. The SMILES string of the molecule is CCC(N)c1ccc(-c2cc(-c3nc(-c4ccc(S(=O)(=O)C(C)C)cc4)cnc3N)on2)c(F)c1. The van der Waals surface area contributed by atoms with E-state index in [1.165, 1.54) is 24.4 Å². The van der Waals surface area contributed by atoms with Crippen LogP contribution in [0.15, 0.2) is 64.1 Å². The Bertz CT molecular complexity index is 1470. The molecule has 0 spiro atoms. The van der Waals surface area contributed by atoms with Crippen LogP contribution in [0.2, 0.25) is 0 Å². The van der Waals surface area contributed by atoms with Crippen LogP contribution < -0.4 is 11.5 Å². The Hall–Kier alpha value is -3.63. The van der Waals surface area contributed by atoms with E-state index in [4.69, 9.17) is 16.0 Å². The van der Waals surface area contributed by atoms with E-state index in [0.29, 0.717) is 23.2 Å². The largest absolute Gasteiger partial charge is 0.382 e. The van der Waals surface area contributed by atoms with Crippen LogP contribution in [0.25, 0.3) is 34.0 Å². The van der Waals surface area contributed by atoms with Crippen molar-refractivity contribution in [1.29, 1.82) is 0 Å². The number of benzene rings is 2. The summed E-state index contributed by atoms with van der Waals surface area (Å²) in [4.78, 5) is 8.96. The first-order valence-electron chi connectivity index (χ1n) is 11.1. The molecule has 0 saturated heterocycles. The lowest BCUT2D eigenvalue weighted by atomic mass is 10.0. The van der Waals surface area contributed by atoms with Crippen LogP contribution in [0.3, 0.4) is 0 Å². The molecule has 2 aromatic carbocycles. The molecule has 4 rings (SSSR count). The molecule has 0 aliphatic rings. The fourth-order valence-corrected chi connectivity index (χ4v) is 4.59. The quantitative estimate of drug-likeness (QED) is 0.374. The highest BCUT2D eigenvalue weighted by atomic mass is 32.2. The van der Waals surface area contributed by atoms with Crippen molar-refractivity contribution in [1.82, 2.24) is 15.1 Å². The summed E-state index contributed by atoms with van der Waals surface area (Å²) in [6.07, 6.45) is 2.18. The van der Waals surface area contributed by atoms with Gasteiger partial charge >= 0.3 is 0 Å². The molecule has 0 saturated carbocycles. The molecule has 182 valence electrons. The van der Waals surface area contributed by atoms with E-state index in [1.807, 2.05) is 6.92 Å². The number of hydrogen-bond acceptors (Lipinski definition) is 8. The molecule has 4 aromatic rings. The van der Waals surface area contributed by atoms with Gasteiger partial charge in [0.15, 0.2) is 27.1 Å². The lowest BCUT2D eigenvalue weighted by Crippen LogP contribution is -2.13. The predicted molar refractivity (Wildman–Crippen MR) is 132 cm³/mol. The molecule has 0 bridgehead atoms. The smallest absolute Gasteiger partial charge is 0.189 e. The second kappa shape index (κ2) is 9.55. The second-order valence-corrected chi connectivity index (χ2v) is 10.9. The summed E-state index contributed by atoms with van der Waals surface area (Å²) in [5.41, 5.74) is 14.6. The zero-order valence-electron chi connectivity index (χ0n) is 19.6. The number of nitrogens with zero attached hydrogens (tertiary/aromatic N) is 3. The van der Waals surface area contributed by atoms with Gasteiger partial charge in [-0.1, -0.05) is 30.3 Å². The van der Waals surface area contributed by atoms with Crippen molar-refractivity contribution in [2.45, 2.75) is 43.4 Å². The van der Waals surface area contributed by atoms with Gasteiger partial charge in [-0.3, -0.25) is 0 Å². The average molecular weight is 496 g/mol. The van der Waals surface area contributed by atoms with E-state index in [-0.39, 0.29) is 39.5 Å². The third-order valence-corrected chi connectivity index (χ3v) is 7.95. The molecule has 10 heteroatoms. The molecular weight excluding hydrogens is 469 g/mol. The highest BCUT2D eigenvalue weighted by Gasteiger charge is 2.20. The normalized spacial score (nSPS) is 12.7. The van der Waals surface area contributed by atoms with Gasteiger partial charge in [-0.15, -0.1) is 0 Å². The Balaban J connectivity index is 1.66. The predicted octanol–water partition coefficient (Wildman–Crippen LogP) is 4.78. The maximum Gasteiger partial charge on any atom is 0.189 e. The fourth-order valence-electron chi connectivity index (χ4n) is 3.53. The minimum Gasteiger partial charge on any atom is -0.382 e. The van der Waals surface area contributed by atoms with Crippen LogP contribution in [0, 0.1) is 5.82 Å². The van der Waals surface area contributed by atoms with Crippen LogP contribution in [0.4, 0.5) is 10.2 Å². The standard InChI is InChI=1S/C25H26FN5O3S/c1-4-20(27)16-7-10-18(19(26)11-16)21-12-23(34-31-21)24-25(28)29-13-22(30-24)15-5-8-17(9-6-15)35(32,33)14(2)3/h5-14,20H,4,27H2,1-3H3,(H2,28,29). The summed E-state index contributed by atoms with van der Waals surface area (Å²) in [6.45, 7) is 5.20. The molecule has 2 aromatic heterocycles. The van der Waals surface area contributed by atoms with Gasteiger partial charge in [0.25, 0.3) is 0 Å². The Kier molecular flexibility index (Phi) is 6.68. The molecule has 0 amide bonds. The summed E-state index contributed by atoms with van der Waals surface area (Å²) in [5, 5.41) is 3.45. The highest BCUT2D eigenvalue weighted by Crippen LogP contribution is 2.32. The van der Waals surface area contributed by atoms with Crippen molar-refractivity contribution >= 4 is 15.7 Å². The second-order valence-electron chi connectivity index (χ2n) is 8.44. The molecule has 2 heterocycles. The number of nitrogen functional groups attached to an aromatic ring is 1. The summed E-state index contributed by atoms with van der Waals surface area (Å²) in [7, 11) is -3.39. The van der Waals surface area contributed by atoms with E-state index in [0.717, 1.165) is 0 Å². The Morgan fingerprint density at radius 1 is 1.06 bits per heavy atom. The molecular formula is C25H26FN5O3S. The van der Waals surface area contributed by atoms with Crippen molar-refractivity contribution in [3.05, 3.63) is 66.1 Å². The third-order valence-electron chi connectivity index (χ3n) is 5.78. The first-order valence-corrected chi connectivity index (χ1v) is 12.7. The van der Waals surface area contributed by atoms with Gasteiger partial charge in [0.05, 0.1) is 22.0 Å². The van der Waals surface area contributed by atoms with Crippen molar-refractivity contribution in [2.24, 2.45) is 5.73 Å². The average Bonchev–Trinajstić information content (AvgIpc) is 3.33. The van der Waals surface area contributed by atoms with E-state index in [1.54, 1.807) is 44.2 Å². The lowest BCUT2D eigenvalue weighted by molar-refractivity contribution is 0.433. The Labute approximate surface area is 203 Å². The zero-order chi connectivity index (χ0) is 25.3. The third kappa shape index (κ3) is 4.80. The molecule has 4 N–H and O–H groups in total. The van der Waals surface area contributed by atoms with Crippen molar-refractivity contribution in [3.63, 3.8) is 0 Å².